The van der Waals surface area contributed by atoms with E-state index in [9.17, 15) is 14.0 Å². The van der Waals surface area contributed by atoms with Gasteiger partial charge in [0.1, 0.15) is 16.6 Å². The summed E-state index contributed by atoms with van der Waals surface area (Å²) < 4.78 is 20.4. The summed E-state index contributed by atoms with van der Waals surface area (Å²) in [7, 11) is 0. The van der Waals surface area contributed by atoms with Crippen LogP contribution in [0.3, 0.4) is 0 Å². The quantitative estimate of drug-likeness (QED) is 0.492. The number of carbonyl (C=O) groups is 2. The number of ether oxygens (including phenoxy) is 1. The summed E-state index contributed by atoms with van der Waals surface area (Å²) in [5.41, 5.74) is 1.84. The molecule has 2 aliphatic rings. The minimum absolute atomic E-state index is 0.188. The lowest BCUT2D eigenvalue weighted by molar-refractivity contribution is 0.0256. The molecule has 0 aliphatic carbocycles. The number of halogens is 2. The van der Waals surface area contributed by atoms with Gasteiger partial charge in [-0.05, 0) is 64.7 Å². The van der Waals surface area contributed by atoms with E-state index in [1.54, 1.807) is 41.1 Å². The Morgan fingerprint density at radius 3 is 2.71 bits per heavy atom. The SMILES string of the molecule is Cc1cccc(F)c1N1Cc2cnc(Cl)cc2N([C@@H]2CCCN(C(=O)OC(C)(C)C)CC2)C1=O. The van der Waals surface area contributed by atoms with Crippen LogP contribution >= 0.6 is 11.6 Å². The predicted octanol–water partition coefficient (Wildman–Crippen LogP) is 5.92. The van der Waals surface area contributed by atoms with E-state index in [-0.39, 0.29) is 35.6 Å². The van der Waals surface area contributed by atoms with Crippen LogP contribution in [0.4, 0.5) is 25.4 Å². The summed E-state index contributed by atoms with van der Waals surface area (Å²) in [5.74, 6) is -0.448. The van der Waals surface area contributed by atoms with E-state index in [4.69, 9.17) is 16.3 Å². The summed E-state index contributed by atoms with van der Waals surface area (Å²) in [6, 6.07) is 5.98. The van der Waals surface area contributed by atoms with E-state index in [0.717, 1.165) is 5.56 Å². The minimum Gasteiger partial charge on any atom is -0.444 e. The number of rotatable bonds is 2. The fraction of sp³-hybridized carbons (Fsp3) is 0.480. The molecule has 3 heterocycles. The third kappa shape index (κ3) is 4.97. The molecule has 2 aromatic rings. The Morgan fingerprint density at radius 1 is 1.24 bits per heavy atom. The second kappa shape index (κ2) is 9.41. The molecule has 0 saturated carbocycles. The lowest BCUT2D eigenvalue weighted by Crippen LogP contribution is -2.52. The molecule has 3 amide bonds. The third-order valence-electron chi connectivity index (χ3n) is 6.13. The molecule has 2 aliphatic heterocycles. The van der Waals surface area contributed by atoms with Crippen molar-refractivity contribution in [2.24, 2.45) is 0 Å². The van der Waals surface area contributed by atoms with Gasteiger partial charge in [0, 0.05) is 30.9 Å². The highest BCUT2D eigenvalue weighted by Gasteiger charge is 2.39. The largest absolute Gasteiger partial charge is 0.444 e. The van der Waals surface area contributed by atoms with Crippen molar-refractivity contribution >= 4 is 35.1 Å². The minimum atomic E-state index is -0.577. The molecule has 7 nitrogen and oxygen atoms in total. The molecule has 1 atom stereocenters. The highest BCUT2D eigenvalue weighted by atomic mass is 35.5. The number of pyridine rings is 1. The zero-order valence-electron chi connectivity index (χ0n) is 20.0. The highest BCUT2D eigenvalue weighted by molar-refractivity contribution is 6.29. The molecule has 0 radical (unpaired) electrons. The van der Waals surface area contributed by atoms with Gasteiger partial charge in [0.25, 0.3) is 0 Å². The number of hydrogen-bond donors (Lipinski definition) is 0. The number of aryl methyl sites for hydroxylation is 1. The maximum absolute atomic E-state index is 14.9. The topological polar surface area (TPSA) is 66.0 Å². The van der Waals surface area contributed by atoms with E-state index in [1.807, 2.05) is 20.8 Å². The first-order valence-corrected chi connectivity index (χ1v) is 11.9. The maximum atomic E-state index is 14.9. The van der Waals surface area contributed by atoms with Crippen molar-refractivity contribution in [2.45, 2.75) is 65.1 Å². The summed E-state index contributed by atoms with van der Waals surface area (Å²) in [4.78, 5) is 35.5. The number of anilines is 2. The standard InChI is InChI=1S/C25H30ClFN4O3/c1-16-7-5-9-19(27)22(16)30-15-17-14-28-21(26)13-20(17)31(23(30)32)18-8-6-11-29(12-10-18)24(33)34-25(2,3)4/h5,7,9,13-14,18H,6,8,10-12,15H2,1-4H3/t18-/m1/s1. The third-order valence-corrected chi connectivity index (χ3v) is 6.33. The first-order valence-electron chi connectivity index (χ1n) is 11.5. The molecule has 0 unspecified atom stereocenters. The number of aromatic nitrogens is 1. The zero-order valence-corrected chi connectivity index (χ0v) is 20.7. The molecule has 4 rings (SSSR count). The molecule has 182 valence electrons. The Hall–Kier alpha value is -2.87. The van der Waals surface area contributed by atoms with Gasteiger partial charge in [-0.2, -0.15) is 0 Å². The van der Waals surface area contributed by atoms with Crippen LogP contribution < -0.4 is 9.80 Å². The lowest BCUT2D eigenvalue weighted by atomic mass is 10.0. The van der Waals surface area contributed by atoms with Crippen molar-refractivity contribution in [1.29, 1.82) is 0 Å². The Balaban J connectivity index is 1.65. The van der Waals surface area contributed by atoms with Crippen molar-refractivity contribution in [3.63, 3.8) is 0 Å². The summed E-state index contributed by atoms with van der Waals surface area (Å²) in [6.07, 6.45) is 3.25. The van der Waals surface area contributed by atoms with E-state index >= 15 is 0 Å². The number of amides is 3. The predicted molar refractivity (Wildman–Crippen MR) is 130 cm³/mol. The molecule has 0 N–H and O–H groups in total. The number of fused-ring (bicyclic) bond motifs is 1. The second-order valence-electron chi connectivity index (χ2n) is 9.83. The highest BCUT2D eigenvalue weighted by Crippen LogP contribution is 2.38. The van der Waals surface area contributed by atoms with Crippen LogP contribution in [0.5, 0.6) is 0 Å². The molecular formula is C25H30ClFN4O3. The molecule has 1 fully saturated rings. The van der Waals surface area contributed by atoms with E-state index < -0.39 is 11.4 Å². The molecule has 9 heteroatoms. The molecule has 1 saturated heterocycles. The molecule has 0 spiro atoms. The first kappa shape index (κ1) is 24.3. The molecule has 0 bridgehead atoms. The van der Waals surface area contributed by atoms with E-state index in [1.165, 1.54) is 11.0 Å². The average Bonchev–Trinajstić information content (AvgIpc) is 2.99. The van der Waals surface area contributed by atoms with Crippen LogP contribution in [0.15, 0.2) is 30.5 Å². The zero-order chi connectivity index (χ0) is 24.6. The van der Waals surface area contributed by atoms with E-state index in [0.29, 0.717) is 43.6 Å². The Bertz CT molecular complexity index is 1080. The number of para-hydroxylation sites is 1. The average molecular weight is 489 g/mol. The maximum Gasteiger partial charge on any atom is 0.410 e. The molecule has 1 aromatic heterocycles. The van der Waals surface area contributed by atoms with Gasteiger partial charge >= 0.3 is 12.1 Å². The Morgan fingerprint density at radius 2 is 2.00 bits per heavy atom. The number of nitrogens with zero attached hydrogens (tertiary/aromatic N) is 4. The summed E-state index contributed by atoms with van der Waals surface area (Å²) in [6.45, 7) is 8.51. The van der Waals surface area contributed by atoms with Gasteiger partial charge in [0.15, 0.2) is 0 Å². The number of carbonyl (C=O) groups excluding carboxylic acids is 2. The van der Waals surface area contributed by atoms with Crippen LogP contribution in [0.2, 0.25) is 5.15 Å². The van der Waals surface area contributed by atoms with Gasteiger partial charge in [0.05, 0.1) is 17.9 Å². The number of benzene rings is 1. The Labute approximate surface area is 204 Å². The van der Waals surface area contributed by atoms with Crippen molar-refractivity contribution < 1.29 is 18.7 Å². The van der Waals surface area contributed by atoms with Gasteiger partial charge < -0.3 is 9.64 Å². The smallest absolute Gasteiger partial charge is 0.410 e. The fourth-order valence-electron chi connectivity index (χ4n) is 4.60. The van der Waals surface area contributed by atoms with Gasteiger partial charge in [-0.25, -0.2) is 19.0 Å². The normalized spacial score (nSPS) is 19.1. The molecule has 34 heavy (non-hydrogen) atoms. The molecular weight excluding hydrogens is 459 g/mol. The van der Waals surface area contributed by atoms with Crippen molar-refractivity contribution in [2.75, 3.05) is 22.9 Å². The van der Waals surface area contributed by atoms with Gasteiger partial charge in [-0.3, -0.25) is 9.80 Å². The molecule has 1 aromatic carbocycles. The van der Waals surface area contributed by atoms with E-state index in [2.05, 4.69) is 4.98 Å². The first-order chi connectivity index (χ1) is 16.0. The fourth-order valence-corrected chi connectivity index (χ4v) is 4.76. The Kier molecular flexibility index (Phi) is 6.71. The van der Waals surface area contributed by atoms with Crippen molar-refractivity contribution in [1.82, 2.24) is 9.88 Å². The van der Waals surface area contributed by atoms with Crippen LogP contribution in [0.1, 0.15) is 51.2 Å². The van der Waals surface area contributed by atoms with Crippen LogP contribution in [0.25, 0.3) is 0 Å². The van der Waals surface area contributed by atoms with Crippen LogP contribution in [0, 0.1) is 12.7 Å². The van der Waals surface area contributed by atoms with Crippen molar-refractivity contribution in [3.05, 3.63) is 52.6 Å². The van der Waals surface area contributed by atoms with Gasteiger partial charge in [0.2, 0.25) is 0 Å². The number of urea groups is 1. The summed E-state index contributed by atoms with van der Waals surface area (Å²) >= 11 is 6.20. The van der Waals surface area contributed by atoms with Crippen LogP contribution in [-0.2, 0) is 11.3 Å². The van der Waals surface area contributed by atoms with Gasteiger partial charge in [-0.1, -0.05) is 23.7 Å². The lowest BCUT2D eigenvalue weighted by Gasteiger charge is -2.41. The second-order valence-corrected chi connectivity index (χ2v) is 10.2. The summed E-state index contributed by atoms with van der Waals surface area (Å²) in [5, 5.41) is 0.288. The number of likely N-dealkylation sites (tertiary alicyclic amines) is 1. The van der Waals surface area contributed by atoms with Gasteiger partial charge in [-0.15, -0.1) is 0 Å². The number of hydrogen-bond acceptors (Lipinski definition) is 4. The monoisotopic (exact) mass is 488 g/mol. The van der Waals surface area contributed by atoms with Crippen molar-refractivity contribution in [3.8, 4) is 0 Å². The van der Waals surface area contributed by atoms with Crippen LogP contribution in [-0.4, -0.2) is 46.7 Å².